The number of nitrogens with one attached hydrogen (secondary N) is 1. The smallest absolute Gasteiger partial charge is 0.427 e. The predicted molar refractivity (Wildman–Crippen MR) is 64.2 cm³/mol. The Bertz CT molecular complexity index is 433. The predicted octanol–water partition coefficient (Wildman–Crippen LogP) is 3.07. The average molecular weight is 261 g/mol. The number of benzene rings is 1. The Hall–Kier alpha value is -1.26. The van der Waals surface area contributed by atoms with Crippen LogP contribution in [0.3, 0.4) is 0 Å². The van der Waals surface area contributed by atoms with Crippen LogP contribution in [-0.2, 0) is 4.74 Å². The fraction of sp³-hybridized carbons (Fsp3) is 0.200. The zero-order valence-electron chi connectivity index (χ0n) is 8.75. The summed E-state index contributed by atoms with van der Waals surface area (Å²) in [6, 6.07) is 5.09. The van der Waals surface area contributed by atoms with Gasteiger partial charge < -0.3 is 4.74 Å². The molecule has 1 aromatic carbocycles. The van der Waals surface area contributed by atoms with Crippen LogP contribution in [0.2, 0.25) is 10.0 Å². The molecule has 0 heterocycles. The second-order valence-corrected chi connectivity index (χ2v) is 3.74. The molecule has 86 valence electrons. The largest absolute Gasteiger partial charge is 0.452 e. The third kappa shape index (κ3) is 3.40. The van der Waals surface area contributed by atoms with E-state index in [1.165, 1.54) is 7.11 Å². The highest BCUT2D eigenvalue weighted by atomic mass is 35.5. The van der Waals surface area contributed by atoms with Crippen molar-refractivity contribution in [3.8, 4) is 0 Å². The highest BCUT2D eigenvalue weighted by molar-refractivity contribution is 6.42. The quantitative estimate of drug-likeness (QED) is 0.657. The van der Waals surface area contributed by atoms with Crippen LogP contribution < -0.4 is 5.43 Å². The SMILES string of the molecule is COC(=O)NN=C(C)c1ccc(Cl)c(Cl)c1. The van der Waals surface area contributed by atoms with Gasteiger partial charge in [0, 0.05) is 0 Å². The Morgan fingerprint density at radius 2 is 2.06 bits per heavy atom. The molecule has 0 radical (unpaired) electrons. The van der Waals surface area contributed by atoms with E-state index in [2.05, 4.69) is 15.3 Å². The lowest BCUT2D eigenvalue weighted by Crippen LogP contribution is -2.18. The van der Waals surface area contributed by atoms with Crippen molar-refractivity contribution in [2.75, 3.05) is 7.11 Å². The van der Waals surface area contributed by atoms with E-state index in [0.29, 0.717) is 15.8 Å². The molecule has 0 aliphatic heterocycles. The van der Waals surface area contributed by atoms with Crippen LogP contribution in [0.15, 0.2) is 23.3 Å². The van der Waals surface area contributed by atoms with Gasteiger partial charge in [-0.3, -0.25) is 0 Å². The van der Waals surface area contributed by atoms with Gasteiger partial charge in [0.05, 0.1) is 22.9 Å². The summed E-state index contributed by atoms with van der Waals surface area (Å²) in [5.74, 6) is 0. The van der Waals surface area contributed by atoms with Crippen LogP contribution in [0, 0.1) is 0 Å². The Morgan fingerprint density at radius 1 is 1.38 bits per heavy atom. The van der Waals surface area contributed by atoms with E-state index in [4.69, 9.17) is 23.2 Å². The van der Waals surface area contributed by atoms with Crippen LogP contribution in [0.1, 0.15) is 12.5 Å². The maximum absolute atomic E-state index is 10.8. The molecule has 1 rings (SSSR count). The number of hydrazone groups is 1. The number of hydrogen-bond acceptors (Lipinski definition) is 3. The first-order valence-electron chi connectivity index (χ1n) is 4.38. The highest BCUT2D eigenvalue weighted by Gasteiger charge is 2.03. The first kappa shape index (κ1) is 12.8. The number of rotatable bonds is 2. The molecule has 1 amide bonds. The molecule has 0 spiro atoms. The van der Waals surface area contributed by atoms with E-state index in [1.54, 1.807) is 25.1 Å². The van der Waals surface area contributed by atoms with Gasteiger partial charge in [0.2, 0.25) is 0 Å². The van der Waals surface area contributed by atoms with Gasteiger partial charge in [-0.1, -0.05) is 29.3 Å². The third-order valence-electron chi connectivity index (χ3n) is 1.84. The summed E-state index contributed by atoms with van der Waals surface area (Å²) >= 11 is 11.6. The van der Waals surface area contributed by atoms with Gasteiger partial charge in [-0.2, -0.15) is 5.10 Å². The summed E-state index contributed by atoms with van der Waals surface area (Å²) in [6.45, 7) is 1.73. The molecule has 0 aromatic heterocycles. The summed E-state index contributed by atoms with van der Waals surface area (Å²) in [5, 5.41) is 4.73. The Kier molecular flexibility index (Phi) is 4.58. The maximum atomic E-state index is 10.8. The molecule has 0 unspecified atom stereocenters. The summed E-state index contributed by atoms with van der Waals surface area (Å²) in [7, 11) is 1.26. The number of nitrogens with zero attached hydrogens (tertiary/aromatic N) is 1. The lowest BCUT2D eigenvalue weighted by Gasteiger charge is -2.03. The monoisotopic (exact) mass is 260 g/mol. The van der Waals surface area contributed by atoms with E-state index >= 15 is 0 Å². The van der Waals surface area contributed by atoms with Crippen molar-refractivity contribution in [3.63, 3.8) is 0 Å². The van der Waals surface area contributed by atoms with Crippen molar-refractivity contribution in [1.29, 1.82) is 0 Å². The topological polar surface area (TPSA) is 50.7 Å². The second kappa shape index (κ2) is 5.72. The zero-order valence-corrected chi connectivity index (χ0v) is 10.3. The molecule has 0 saturated carbocycles. The highest BCUT2D eigenvalue weighted by Crippen LogP contribution is 2.22. The van der Waals surface area contributed by atoms with Gasteiger partial charge in [0.1, 0.15) is 0 Å². The summed E-state index contributed by atoms with van der Waals surface area (Å²) in [5.41, 5.74) is 3.59. The molecular formula is C10H10Cl2N2O2. The Balaban J connectivity index is 2.83. The number of halogens is 2. The molecule has 0 fully saturated rings. The molecule has 1 aromatic rings. The first-order valence-corrected chi connectivity index (χ1v) is 5.14. The number of methoxy groups -OCH3 is 1. The average Bonchev–Trinajstić information content (AvgIpc) is 2.29. The first-order chi connectivity index (χ1) is 7.54. The number of carbonyl (C=O) groups excluding carboxylic acids is 1. The van der Waals surface area contributed by atoms with Crippen molar-refractivity contribution in [2.24, 2.45) is 5.10 Å². The zero-order chi connectivity index (χ0) is 12.1. The van der Waals surface area contributed by atoms with Crippen molar-refractivity contribution >= 4 is 35.0 Å². The molecule has 1 N–H and O–H groups in total. The van der Waals surface area contributed by atoms with Gasteiger partial charge in [0.25, 0.3) is 0 Å². The minimum atomic E-state index is -0.626. The molecular weight excluding hydrogens is 251 g/mol. The molecule has 0 bridgehead atoms. The van der Waals surface area contributed by atoms with Crippen LogP contribution in [0.4, 0.5) is 4.79 Å². The molecule has 16 heavy (non-hydrogen) atoms. The summed E-state index contributed by atoms with van der Waals surface area (Å²) in [6.07, 6.45) is -0.626. The van der Waals surface area contributed by atoms with E-state index in [0.717, 1.165) is 5.56 Å². The molecule has 0 atom stereocenters. The summed E-state index contributed by atoms with van der Waals surface area (Å²) in [4.78, 5) is 10.8. The number of hydrogen-bond donors (Lipinski definition) is 1. The second-order valence-electron chi connectivity index (χ2n) is 2.93. The van der Waals surface area contributed by atoms with Gasteiger partial charge >= 0.3 is 6.09 Å². The molecule has 0 saturated heterocycles. The Labute approximate surface area is 103 Å². The number of carbonyl (C=O) groups is 1. The van der Waals surface area contributed by atoms with E-state index < -0.39 is 6.09 Å². The number of ether oxygens (including phenoxy) is 1. The lowest BCUT2D eigenvalue weighted by molar-refractivity contribution is 0.171. The molecule has 4 nitrogen and oxygen atoms in total. The van der Waals surface area contributed by atoms with E-state index in [9.17, 15) is 4.79 Å². The molecule has 0 aliphatic carbocycles. The third-order valence-corrected chi connectivity index (χ3v) is 2.58. The lowest BCUT2D eigenvalue weighted by atomic mass is 10.1. The van der Waals surface area contributed by atoms with Crippen molar-refractivity contribution in [2.45, 2.75) is 6.92 Å². The standard InChI is InChI=1S/C10H10Cl2N2O2/c1-6(13-14-10(15)16-2)7-3-4-8(11)9(12)5-7/h3-5H,1-2H3,(H,14,15). The van der Waals surface area contributed by atoms with Crippen molar-refractivity contribution < 1.29 is 9.53 Å². The van der Waals surface area contributed by atoms with Gasteiger partial charge in [-0.25, -0.2) is 10.2 Å². The van der Waals surface area contributed by atoms with Gasteiger partial charge in [0.15, 0.2) is 0 Å². The number of amides is 1. The van der Waals surface area contributed by atoms with Crippen LogP contribution in [-0.4, -0.2) is 18.9 Å². The normalized spacial score (nSPS) is 11.1. The summed E-state index contributed by atoms with van der Waals surface area (Å²) < 4.78 is 4.38. The Morgan fingerprint density at radius 3 is 2.62 bits per heavy atom. The van der Waals surface area contributed by atoms with Crippen molar-refractivity contribution in [3.05, 3.63) is 33.8 Å². The molecule has 6 heteroatoms. The minimum Gasteiger partial charge on any atom is -0.452 e. The minimum absolute atomic E-state index is 0.437. The van der Waals surface area contributed by atoms with Crippen LogP contribution in [0.5, 0.6) is 0 Å². The van der Waals surface area contributed by atoms with Crippen LogP contribution >= 0.6 is 23.2 Å². The van der Waals surface area contributed by atoms with Crippen LogP contribution in [0.25, 0.3) is 0 Å². The molecule has 0 aliphatic rings. The fourth-order valence-corrected chi connectivity index (χ4v) is 1.26. The van der Waals surface area contributed by atoms with Gasteiger partial charge in [-0.05, 0) is 24.6 Å². The van der Waals surface area contributed by atoms with E-state index in [-0.39, 0.29) is 0 Å². The van der Waals surface area contributed by atoms with Crippen molar-refractivity contribution in [1.82, 2.24) is 5.43 Å². The maximum Gasteiger partial charge on any atom is 0.427 e. The fourth-order valence-electron chi connectivity index (χ4n) is 0.961. The van der Waals surface area contributed by atoms with E-state index in [1.807, 2.05) is 0 Å². The van der Waals surface area contributed by atoms with Gasteiger partial charge in [-0.15, -0.1) is 0 Å².